The number of carbonyl (C=O) groups is 6. The highest BCUT2D eigenvalue weighted by Gasteiger charge is 2.45. The zero-order valence-corrected chi connectivity index (χ0v) is 37.5. The fourth-order valence-corrected chi connectivity index (χ4v) is 8.66. The van der Waals surface area contributed by atoms with E-state index in [0.717, 1.165) is 40.3 Å². The normalized spacial score (nSPS) is 23.0. The van der Waals surface area contributed by atoms with Gasteiger partial charge in [-0.25, -0.2) is 0 Å². The standard InChI is InChI=1S/C51H63N7O7/c1-35-9-7-14-39(29-35)38-17-15-37(16-18-38)30-44-49(63)55-33-42-13-6-5-11-40(42)31-46(60)56-43(48(62)54-25-28-65-27-23-52)21-24-53-45(59)19-20-47(61)58-26-8-22-51(34-58,50(64)57-44)32-41-12-4-3-10-36(41)2/h3-7,9,11-20,29,36,43-44H,8,10,21-28,30-34,52H2,1-2H3,(H,53,59)(H,54,62)(H,55,63)(H,56,60)(H,57,64)/b20-19+/t36?,43-,44-,51-/m0/s1. The first kappa shape index (κ1) is 48.1. The van der Waals surface area contributed by atoms with E-state index >= 15 is 4.79 Å². The Morgan fingerprint density at radius 2 is 1.72 bits per heavy atom. The van der Waals surface area contributed by atoms with Gasteiger partial charge in [0.1, 0.15) is 12.1 Å². The van der Waals surface area contributed by atoms with Gasteiger partial charge in [-0.05, 0) is 72.8 Å². The Bertz CT molecular complexity index is 2270. The van der Waals surface area contributed by atoms with Crippen molar-refractivity contribution >= 4 is 35.4 Å². The van der Waals surface area contributed by atoms with Crippen molar-refractivity contribution < 1.29 is 33.5 Å². The Balaban J connectivity index is 1.31. The van der Waals surface area contributed by atoms with Crippen molar-refractivity contribution in [3.8, 4) is 11.1 Å². The van der Waals surface area contributed by atoms with Crippen LogP contribution in [0.25, 0.3) is 11.1 Å². The molecule has 3 aromatic rings. The summed E-state index contributed by atoms with van der Waals surface area (Å²) in [5.74, 6) is -2.42. The molecule has 2 aliphatic heterocycles. The van der Waals surface area contributed by atoms with Gasteiger partial charge in [-0.15, -0.1) is 0 Å². The number of benzene rings is 3. The summed E-state index contributed by atoms with van der Waals surface area (Å²) in [5.41, 5.74) is 10.9. The maximum Gasteiger partial charge on any atom is 0.246 e. The summed E-state index contributed by atoms with van der Waals surface area (Å²) in [5, 5.41) is 14.5. The minimum atomic E-state index is -1.06. The van der Waals surface area contributed by atoms with E-state index in [2.05, 4.69) is 45.7 Å². The number of fused-ring (bicyclic) bond motifs is 3. The maximum absolute atomic E-state index is 15.0. The lowest BCUT2D eigenvalue weighted by Gasteiger charge is -2.43. The summed E-state index contributed by atoms with van der Waals surface area (Å²) in [4.78, 5) is 84.8. The molecule has 6 amide bonds. The number of nitrogens with zero attached hydrogens (tertiary/aromatic N) is 1. The van der Waals surface area contributed by atoms with Gasteiger partial charge in [0.25, 0.3) is 0 Å². The second-order valence-electron chi connectivity index (χ2n) is 17.3. The molecule has 6 rings (SSSR count). The van der Waals surface area contributed by atoms with E-state index < -0.39 is 47.0 Å². The molecule has 7 N–H and O–H groups in total. The second-order valence-corrected chi connectivity index (χ2v) is 17.3. The fraction of sp³-hybridized carbons (Fsp3) is 0.412. The minimum absolute atomic E-state index is 0.0226. The van der Waals surface area contributed by atoms with Gasteiger partial charge in [0.2, 0.25) is 35.4 Å². The number of allylic oxidation sites excluding steroid dienone is 4. The molecule has 0 aromatic heterocycles. The lowest BCUT2D eigenvalue weighted by molar-refractivity contribution is -0.141. The number of rotatable bonds is 11. The average Bonchev–Trinajstić information content (AvgIpc) is 3.30. The first-order chi connectivity index (χ1) is 31.4. The summed E-state index contributed by atoms with van der Waals surface area (Å²) in [7, 11) is 0. The van der Waals surface area contributed by atoms with Gasteiger partial charge in [0.05, 0.1) is 25.0 Å². The number of amides is 6. The predicted octanol–water partition coefficient (Wildman–Crippen LogP) is 3.72. The molecule has 65 heavy (non-hydrogen) atoms. The van der Waals surface area contributed by atoms with Crippen molar-refractivity contribution in [2.75, 3.05) is 45.9 Å². The zero-order valence-electron chi connectivity index (χ0n) is 37.5. The SMILES string of the molecule is Cc1cccc(-c2ccc(C[C@@H]3NC(=O)[C@]4(CC5=CC=CCC5C)CCCN(C4)C(=O)/C=C/C(=O)NCC[C@@H](C(=O)NCCOCCN)NC(=O)Cc4ccccc4CNC3=O)cc2)c1. The molecular weight excluding hydrogens is 823 g/mol. The van der Waals surface area contributed by atoms with Crippen LogP contribution in [-0.4, -0.2) is 98.4 Å². The minimum Gasteiger partial charge on any atom is -0.378 e. The molecule has 1 aliphatic carbocycles. The van der Waals surface area contributed by atoms with E-state index in [0.29, 0.717) is 50.1 Å². The quantitative estimate of drug-likeness (QED) is 0.157. The average molecular weight is 886 g/mol. The number of hydrogen-bond donors (Lipinski definition) is 6. The van der Waals surface area contributed by atoms with E-state index in [1.807, 2.05) is 73.7 Å². The van der Waals surface area contributed by atoms with E-state index in [-0.39, 0.29) is 63.9 Å². The van der Waals surface area contributed by atoms with E-state index in [1.165, 1.54) is 6.08 Å². The molecule has 0 saturated carbocycles. The van der Waals surface area contributed by atoms with Crippen LogP contribution in [0.3, 0.4) is 0 Å². The summed E-state index contributed by atoms with van der Waals surface area (Å²) in [6.07, 6.45) is 10.9. The number of carbonyl (C=O) groups excluding carboxylic acids is 6. The molecule has 14 nitrogen and oxygen atoms in total. The molecule has 1 saturated heterocycles. The number of ether oxygens (including phenoxy) is 1. The Labute approximate surface area is 381 Å². The van der Waals surface area contributed by atoms with Crippen molar-refractivity contribution in [2.45, 2.75) is 77.4 Å². The number of nitrogens with one attached hydrogen (secondary N) is 5. The second kappa shape index (κ2) is 23.5. The van der Waals surface area contributed by atoms with E-state index in [4.69, 9.17) is 10.5 Å². The summed E-state index contributed by atoms with van der Waals surface area (Å²) in [6.45, 7) is 5.84. The van der Waals surface area contributed by atoms with Gasteiger partial charge in [-0.3, -0.25) is 28.8 Å². The van der Waals surface area contributed by atoms with Crippen LogP contribution < -0.4 is 32.3 Å². The Morgan fingerprint density at radius 1 is 0.923 bits per heavy atom. The van der Waals surface area contributed by atoms with Gasteiger partial charge in [0, 0.05) is 57.8 Å². The van der Waals surface area contributed by atoms with Gasteiger partial charge in [0.15, 0.2) is 0 Å². The highest BCUT2D eigenvalue weighted by atomic mass is 16.5. The Hall–Kier alpha value is -6.38. The highest BCUT2D eigenvalue weighted by Crippen LogP contribution is 2.40. The first-order valence-corrected chi connectivity index (χ1v) is 22.7. The molecule has 0 radical (unpaired) electrons. The topological polar surface area (TPSA) is 201 Å². The lowest BCUT2D eigenvalue weighted by atomic mass is 9.71. The molecule has 3 aliphatic rings. The summed E-state index contributed by atoms with van der Waals surface area (Å²) in [6, 6.07) is 21.4. The van der Waals surface area contributed by atoms with Crippen LogP contribution >= 0.6 is 0 Å². The number of piperidine rings is 1. The molecule has 14 heteroatoms. The number of hydrogen-bond acceptors (Lipinski definition) is 8. The molecular formula is C51H63N7O7. The van der Waals surface area contributed by atoms with Crippen molar-refractivity contribution in [3.63, 3.8) is 0 Å². The van der Waals surface area contributed by atoms with Crippen molar-refractivity contribution in [1.29, 1.82) is 0 Å². The molecule has 344 valence electrons. The summed E-state index contributed by atoms with van der Waals surface area (Å²) < 4.78 is 5.38. The van der Waals surface area contributed by atoms with Crippen LogP contribution in [0.2, 0.25) is 0 Å². The van der Waals surface area contributed by atoms with Crippen LogP contribution in [0.5, 0.6) is 0 Å². The molecule has 2 heterocycles. The van der Waals surface area contributed by atoms with Crippen molar-refractivity contribution in [1.82, 2.24) is 31.5 Å². The molecule has 0 spiro atoms. The van der Waals surface area contributed by atoms with Gasteiger partial charge in [-0.2, -0.15) is 0 Å². The van der Waals surface area contributed by atoms with Crippen LogP contribution in [0.4, 0.5) is 0 Å². The third-order valence-electron chi connectivity index (χ3n) is 12.3. The van der Waals surface area contributed by atoms with Crippen LogP contribution in [0, 0.1) is 18.3 Å². The number of nitrogens with two attached hydrogens (primary N) is 1. The zero-order chi connectivity index (χ0) is 46.2. The lowest BCUT2D eigenvalue weighted by Crippen LogP contribution is -2.57. The van der Waals surface area contributed by atoms with Crippen LogP contribution in [0.1, 0.15) is 61.3 Å². The Morgan fingerprint density at radius 3 is 2.49 bits per heavy atom. The molecule has 1 unspecified atom stereocenters. The monoisotopic (exact) mass is 885 g/mol. The Kier molecular flexibility index (Phi) is 17.4. The van der Waals surface area contributed by atoms with Crippen LogP contribution in [0.15, 0.2) is 109 Å². The summed E-state index contributed by atoms with van der Waals surface area (Å²) >= 11 is 0. The number of aryl methyl sites for hydroxylation is 1. The van der Waals surface area contributed by atoms with Crippen molar-refractivity contribution in [2.24, 2.45) is 17.1 Å². The van der Waals surface area contributed by atoms with Gasteiger partial charge < -0.3 is 42.0 Å². The first-order valence-electron chi connectivity index (χ1n) is 22.7. The molecule has 2 bridgehead atoms. The largest absolute Gasteiger partial charge is 0.378 e. The fourth-order valence-electron chi connectivity index (χ4n) is 8.66. The smallest absolute Gasteiger partial charge is 0.246 e. The third kappa shape index (κ3) is 13.8. The van der Waals surface area contributed by atoms with Gasteiger partial charge in [-0.1, -0.05) is 109 Å². The van der Waals surface area contributed by atoms with Crippen LogP contribution in [-0.2, 0) is 52.9 Å². The van der Waals surface area contributed by atoms with E-state index in [1.54, 1.807) is 17.0 Å². The molecule has 1 fully saturated rings. The third-order valence-corrected chi connectivity index (χ3v) is 12.3. The van der Waals surface area contributed by atoms with Crippen molar-refractivity contribution in [3.05, 3.63) is 131 Å². The molecule has 3 aromatic carbocycles. The van der Waals surface area contributed by atoms with E-state index in [9.17, 15) is 24.0 Å². The van der Waals surface area contributed by atoms with Gasteiger partial charge >= 0.3 is 0 Å². The maximum atomic E-state index is 15.0. The highest BCUT2D eigenvalue weighted by molar-refractivity contribution is 5.97. The predicted molar refractivity (Wildman–Crippen MR) is 250 cm³/mol. The molecule has 4 atom stereocenters.